The summed E-state index contributed by atoms with van der Waals surface area (Å²) in [5.41, 5.74) is 1.40. The van der Waals surface area contributed by atoms with Crippen LogP contribution < -0.4 is 10.6 Å². The summed E-state index contributed by atoms with van der Waals surface area (Å²) >= 11 is 0. The van der Waals surface area contributed by atoms with Gasteiger partial charge in [0.2, 0.25) is 11.8 Å². The van der Waals surface area contributed by atoms with Gasteiger partial charge in [0.05, 0.1) is 0 Å². The summed E-state index contributed by atoms with van der Waals surface area (Å²) in [5.74, 6) is -0.677. The molecule has 0 aliphatic rings. The van der Waals surface area contributed by atoms with Gasteiger partial charge < -0.3 is 25.4 Å². The fraction of sp³-hybridized carbons (Fsp3) is 0.433. The van der Waals surface area contributed by atoms with E-state index in [2.05, 4.69) is 17.2 Å². The van der Waals surface area contributed by atoms with Crippen molar-refractivity contribution in [1.82, 2.24) is 15.5 Å². The average molecular weight is 524 g/mol. The fourth-order valence-electron chi connectivity index (χ4n) is 4.04. The van der Waals surface area contributed by atoms with Gasteiger partial charge in [0.15, 0.2) is 0 Å². The number of nitrogens with zero attached hydrogens (tertiary/aromatic N) is 1. The first-order chi connectivity index (χ1) is 17.7. The maximum Gasteiger partial charge on any atom is 0.408 e. The molecule has 2 aromatic rings. The van der Waals surface area contributed by atoms with Crippen molar-refractivity contribution in [3.63, 3.8) is 0 Å². The van der Waals surface area contributed by atoms with Crippen molar-refractivity contribution in [3.05, 3.63) is 71.8 Å². The quantitative estimate of drug-likeness (QED) is 0.407. The van der Waals surface area contributed by atoms with Crippen LogP contribution in [0.3, 0.4) is 0 Å². The Morgan fingerprint density at radius 1 is 1.03 bits per heavy atom. The molecular formula is C30H41N3O5. The summed E-state index contributed by atoms with van der Waals surface area (Å²) in [6, 6.07) is 11.2. The number of nitrogens with one attached hydrogen (secondary N) is 2. The van der Waals surface area contributed by atoms with Crippen LogP contribution in [0.5, 0.6) is 5.75 Å². The first-order valence-corrected chi connectivity index (χ1v) is 12.8. The Hall–Kier alpha value is -3.81. The van der Waals surface area contributed by atoms with Crippen LogP contribution in [0.4, 0.5) is 4.79 Å². The molecule has 3 amide bonds. The molecule has 3 N–H and O–H groups in total. The zero-order valence-corrected chi connectivity index (χ0v) is 23.4. The van der Waals surface area contributed by atoms with Gasteiger partial charge in [0.25, 0.3) is 0 Å². The molecule has 2 aromatic carbocycles. The Labute approximate surface area is 226 Å². The van der Waals surface area contributed by atoms with Crippen LogP contribution in [0, 0.1) is 0 Å². The lowest BCUT2D eigenvalue weighted by molar-refractivity contribution is -0.144. The number of carbonyl (C=O) groups is 3. The van der Waals surface area contributed by atoms with Gasteiger partial charge >= 0.3 is 6.09 Å². The minimum atomic E-state index is -1.03. The molecule has 0 radical (unpaired) electrons. The van der Waals surface area contributed by atoms with E-state index in [4.69, 9.17) is 4.74 Å². The van der Waals surface area contributed by atoms with Gasteiger partial charge in [-0.25, -0.2) is 4.79 Å². The second-order valence-electron chi connectivity index (χ2n) is 10.8. The molecule has 0 heterocycles. The number of ether oxygens (including phenoxy) is 1. The van der Waals surface area contributed by atoms with E-state index in [9.17, 15) is 19.5 Å². The number of carbonyl (C=O) groups excluding carboxylic acids is 3. The molecule has 38 heavy (non-hydrogen) atoms. The van der Waals surface area contributed by atoms with Crippen LogP contribution in [0.1, 0.15) is 71.2 Å². The third kappa shape index (κ3) is 8.94. The predicted molar refractivity (Wildman–Crippen MR) is 150 cm³/mol. The summed E-state index contributed by atoms with van der Waals surface area (Å²) in [7, 11) is 0. The molecule has 0 saturated carbocycles. The van der Waals surface area contributed by atoms with E-state index in [1.807, 2.05) is 45.9 Å². The van der Waals surface area contributed by atoms with E-state index >= 15 is 0 Å². The summed E-state index contributed by atoms with van der Waals surface area (Å²) in [5, 5.41) is 15.3. The fourth-order valence-corrected chi connectivity index (χ4v) is 4.04. The number of phenols is 1. The van der Waals surface area contributed by atoms with Crippen molar-refractivity contribution in [2.45, 2.75) is 84.7 Å². The van der Waals surface area contributed by atoms with Crippen molar-refractivity contribution in [3.8, 4) is 5.75 Å². The van der Waals surface area contributed by atoms with Crippen molar-refractivity contribution in [1.29, 1.82) is 0 Å². The molecule has 0 saturated heterocycles. The highest BCUT2D eigenvalue weighted by Gasteiger charge is 2.38. The second-order valence-corrected chi connectivity index (χ2v) is 10.8. The van der Waals surface area contributed by atoms with Crippen molar-refractivity contribution < 1.29 is 24.2 Å². The van der Waals surface area contributed by atoms with Gasteiger partial charge in [-0.15, -0.1) is 0 Å². The van der Waals surface area contributed by atoms with E-state index in [0.29, 0.717) is 5.56 Å². The first-order valence-electron chi connectivity index (χ1n) is 12.8. The molecule has 2 atom stereocenters. The highest BCUT2D eigenvalue weighted by molar-refractivity contribution is 5.92. The zero-order valence-electron chi connectivity index (χ0n) is 23.4. The topological polar surface area (TPSA) is 108 Å². The van der Waals surface area contributed by atoms with E-state index in [0.717, 1.165) is 11.1 Å². The van der Waals surface area contributed by atoms with Crippen LogP contribution >= 0.6 is 0 Å². The van der Waals surface area contributed by atoms with Crippen LogP contribution in [0.15, 0.2) is 55.1 Å². The number of amides is 3. The Morgan fingerprint density at radius 3 is 2.18 bits per heavy atom. The third-order valence-corrected chi connectivity index (χ3v) is 5.60. The maximum absolute atomic E-state index is 14.2. The Morgan fingerprint density at radius 2 is 1.66 bits per heavy atom. The second kappa shape index (κ2) is 13.1. The summed E-state index contributed by atoms with van der Waals surface area (Å²) in [4.78, 5) is 42.1. The maximum atomic E-state index is 14.2. The smallest absolute Gasteiger partial charge is 0.408 e. The number of aromatic hydroxyl groups is 1. The lowest BCUT2D eigenvalue weighted by atomic mass is 9.97. The van der Waals surface area contributed by atoms with Gasteiger partial charge in [-0.05, 0) is 83.4 Å². The number of phenolic OH excluding ortho intramolecular Hbond substituents is 1. The summed E-state index contributed by atoms with van der Waals surface area (Å²) in [6.45, 7) is 16.4. The normalized spacial score (nSPS) is 13.0. The summed E-state index contributed by atoms with van der Waals surface area (Å²) in [6.07, 6.45) is 1.07. The van der Waals surface area contributed by atoms with Gasteiger partial charge in [0.1, 0.15) is 23.4 Å². The van der Waals surface area contributed by atoms with Crippen LogP contribution in [-0.2, 0) is 20.7 Å². The lowest BCUT2D eigenvalue weighted by Gasteiger charge is -2.37. The molecule has 0 aliphatic carbocycles. The Bertz CT molecular complexity index is 1120. The van der Waals surface area contributed by atoms with Gasteiger partial charge in [0, 0.05) is 18.5 Å². The number of rotatable bonds is 10. The first kappa shape index (κ1) is 30.4. The molecule has 0 fully saturated rings. The molecule has 8 nitrogen and oxygen atoms in total. The predicted octanol–water partition coefficient (Wildman–Crippen LogP) is 4.97. The highest BCUT2D eigenvalue weighted by atomic mass is 16.6. The van der Waals surface area contributed by atoms with E-state index in [1.165, 1.54) is 17.0 Å². The van der Waals surface area contributed by atoms with Crippen molar-refractivity contribution in [2.24, 2.45) is 0 Å². The largest absolute Gasteiger partial charge is 0.508 e. The third-order valence-electron chi connectivity index (χ3n) is 5.60. The Balaban J connectivity index is 2.57. The monoisotopic (exact) mass is 523 g/mol. The van der Waals surface area contributed by atoms with E-state index in [-0.39, 0.29) is 30.2 Å². The van der Waals surface area contributed by atoms with Crippen LogP contribution in [0.2, 0.25) is 0 Å². The van der Waals surface area contributed by atoms with Gasteiger partial charge in [-0.3, -0.25) is 9.59 Å². The number of alkyl carbamates (subject to hydrolysis) is 1. The average Bonchev–Trinajstić information content (AvgIpc) is 2.81. The molecule has 206 valence electrons. The molecule has 0 bridgehead atoms. The molecule has 0 aromatic heterocycles. The molecule has 2 rings (SSSR count). The van der Waals surface area contributed by atoms with E-state index < -0.39 is 29.7 Å². The number of hydrogen-bond donors (Lipinski definition) is 3. The molecule has 2 unspecified atom stereocenters. The summed E-state index contributed by atoms with van der Waals surface area (Å²) < 4.78 is 5.44. The SMILES string of the molecule is C=Cc1cccc(C(C(=O)NC(C)C)N(C(=O)C(Cc2ccc(O)cc2)NC(=O)OC(C)(C)C)C(C)C)c1. The molecule has 0 aliphatic heterocycles. The van der Waals surface area contributed by atoms with Crippen molar-refractivity contribution in [2.75, 3.05) is 0 Å². The molecular weight excluding hydrogens is 482 g/mol. The minimum absolute atomic E-state index is 0.0908. The number of benzene rings is 2. The van der Waals surface area contributed by atoms with E-state index in [1.54, 1.807) is 45.0 Å². The highest BCUT2D eigenvalue weighted by Crippen LogP contribution is 2.27. The standard InChI is InChI=1S/C30H41N3O5/c1-9-21-11-10-12-23(17-21)26(27(35)31-19(2)3)33(20(4)5)28(36)25(32-29(37)38-30(6,7)8)18-22-13-15-24(34)16-14-22/h9-17,19-20,25-26,34H,1,18H2,2-8H3,(H,31,35)(H,32,37). The van der Waals surface area contributed by atoms with Gasteiger partial charge in [-0.1, -0.05) is 43.0 Å². The minimum Gasteiger partial charge on any atom is -0.508 e. The lowest BCUT2D eigenvalue weighted by Crippen LogP contribution is -2.56. The zero-order chi connectivity index (χ0) is 28.6. The van der Waals surface area contributed by atoms with Crippen molar-refractivity contribution >= 4 is 24.0 Å². The number of hydrogen-bond acceptors (Lipinski definition) is 5. The molecule has 8 heteroatoms. The van der Waals surface area contributed by atoms with Crippen LogP contribution in [0.25, 0.3) is 6.08 Å². The molecule has 0 spiro atoms. The van der Waals surface area contributed by atoms with Gasteiger partial charge in [-0.2, -0.15) is 0 Å². The Kier molecular flexibility index (Phi) is 10.5. The van der Waals surface area contributed by atoms with Crippen LogP contribution in [-0.4, -0.2) is 51.6 Å².